The number of anilines is 1. The molecule has 0 saturated heterocycles. The number of carbonyl (C=O) groups is 1. The molecule has 0 heterocycles. The molecule has 0 aliphatic carbocycles. The topological polar surface area (TPSA) is 29.1 Å². The van der Waals surface area contributed by atoms with E-state index >= 15 is 0 Å². The summed E-state index contributed by atoms with van der Waals surface area (Å²) in [7, 11) is 0. The van der Waals surface area contributed by atoms with Gasteiger partial charge in [-0.25, -0.2) is 0 Å². The van der Waals surface area contributed by atoms with Crippen molar-refractivity contribution in [3.8, 4) is 0 Å². The minimum absolute atomic E-state index is 0.0897. The highest BCUT2D eigenvalue weighted by atomic mass is 127. The zero-order chi connectivity index (χ0) is 13.1. The molecule has 18 heavy (non-hydrogen) atoms. The molecule has 0 fully saturated rings. The smallest absolute Gasteiger partial charge is 0.255 e. The van der Waals surface area contributed by atoms with Crippen LogP contribution in [0.4, 0.5) is 5.69 Å². The van der Waals surface area contributed by atoms with Crippen LogP contribution in [-0.2, 0) is 0 Å². The number of aryl methyl sites for hydroxylation is 1. The Morgan fingerprint density at radius 1 is 1.17 bits per heavy atom. The first-order chi connectivity index (χ1) is 8.56. The third-order valence-electron chi connectivity index (χ3n) is 2.52. The number of amides is 1. The predicted molar refractivity (Wildman–Crippen MR) is 86.0 cm³/mol. The third kappa shape index (κ3) is 3.32. The van der Waals surface area contributed by atoms with E-state index in [1.54, 1.807) is 0 Å². The van der Waals surface area contributed by atoms with Crippen LogP contribution in [-0.4, -0.2) is 5.91 Å². The van der Waals surface area contributed by atoms with Crippen molar-refractivity contribution in [2.45, 2.75) is 6.92 Å². The molecular weight excluding hydrogens is 405 g/mol. The van der Waals surface area contributed by atoms with Crippen LogP contribution < -0.4 is 5.32 Å². The van der Waals surface area contributed by atoms with E-state index < -0.39 is 0 Å². The zero-order valence-corrected chi connectivity index (χ0v) is 13.4. The molecular formula is C14H11BrINO. The van der Waals surface area contributed by atoms with Crippen LogP contribution in [0.2, 0.25) is 0 Å². The van der Waals surface area contributed by atoms with Gasteiger partial charge in [0.15, 0.2) is 0 Å². The fourth-order valence-electron chi connectivity index (χ4n) is 1.53. The van der Waals surface area contributed by atoms with Crippen molar-refractivity contribution < 1.29 is 4.79 Å². The summed E-state index contributed by atoms with van der Waals surface area (Å²) >= 11 is 5.65. The minimum Gasteiger partial charge on any atom is -0.322 e. The average molecular weight is 416 g/mol. The largest absolute Gasteiger partial charge is 0.322 e. The van der Waals surface area contributed by atoms with Gasteiger partial charge in [-0.05, 0) is 77.5 Å². The number of nitrogens with one attached hydrogen (secondary N) is 1. The van der Waals surface area contributed by atoms with Crippen molar-refractivity contribution in [3.63, 3.8) is 0 Å². The standard InChI is InChI=1S/C14H11BrINO/c1-9-8-12(6-7-13(9)15)17-14(18)10-2-4-11(16)5-3-10/h2-8H,1H3,(H,17,18). The minimum atomic E-state index is -0.0897. The summed E-state index contributed by atoms with van der Waals surface area (Å²) in [5, 5.41) is 2.88. The van der Waals surface area contributed by atoms with Crippen LogP contribution in [0.3, 0.4) is 0 Å². The lowest BCUT2D eigenvalue weighted by Gasteiger charge is -2.07. The van der Waals surface area contributed by atoms with E-state index in [4.69, 9.17) is 0 Å². The number of benzene rings is 2. The highest BCUT2D eigenvalue weighted by Crippen LogP contribution is 2.20. The van der Waals surface area contributed by atoms with Gasteiger partial charge < -0.3 is 5.32 Å². The predicted octanol–water partition coefficient (Wildman–Crippen LogP) is 4.61. The Morgan fingerprint density at radius 3 is 2.44 bits per heavy atom. The first kappa shape index (κ1) is 13.5. The SMILES string of the molecule is Cc1cc(NC(=O)c2ccc(I)cc2)ccc1Br. The van der Waals surface area contributed by atoms with E-state index in [9.17, 15) is 4.79 Å². The Morgan fingerprint density at radius 2 is 1.83 bits per heavy atom. The number of halogens is 2. The normalized spacial score (nSPS) is 10.2. The summed E-state index contributed by atoms with van der Waals surface area (Å²) in [6.07, 6.45) is 0. The second-order valence-electron chi connectivity index (χ2n) is 3.92. The van der Waals surface area contributed by atoms with Crippen molar-refractivity contribution in [2.75, 3.05) is 5.32 Å². The van der Waals surface area contributed by atoms with Gasteiger partial charge in [-0.1, -0.05) is 15.9 Å². The van der Waals surface area contributed by atoms with E-state index in [1.165, 1.54) is 0 Å². The maximum atomic E-state index is 12.0. The molecule has 0 unspecified atom stereocenters. The molecule has 0 spiro atoms. The van der Waals surface area contributed by atoms with Crippen LogP contribution in [0.5, 0.6) is 0 Å². The van der Waals surface area contributed by atoms with Crippen LogP contribution in [0.25, 0.3) is 0 Å². The quantitative estimate of drug-likeness (QED) is 0.712. The fourth-order valence-corrected chi connectivity index (χ4v) is 2.13. The number of carbonyl (C=O) groups excluding carboxylic acids is 1. The van der Waals surface area contributed by atoms with Gasteiger partial charge in [-0.2, -0.15) is 0 Å². The Kier molecular flexibility index (Phi) is 4.40. The average Bonchev–Trinajstić information content (AvgIpc) is 2.34. The van der Waals surface area contributed by atoms with E-state index in [-0.39, 0.29) is 5.91 Å². The number of rotatable bonds is 2. The fraction of sp³-hybridized carbons (Fsp3) is 0.0714. The highest BCUT2D eigenvalue weighted by molar-refractivity contribution is 14.1. The van der Waals surface area contributed by atoms with Gasteiger partial charge in [0.25, 0.3) is 5.91 Å². The molecule has 2 rings (SSSR count). The van der Waals surface area contributed by atoms with Crippen LogP contribution >= 0.6 is 38.5 Å². The van der Waals surface area contributed by atoms with Crippen molar-refractivity contribution in [3.05, 3.63) is 61.6 Å². The van der Waals surface area contributed by atoms with E-state index in [0.29, 0.717) is 5.56 Å². The molecule has 2 aromatic rings. The molecule has 2 nitrogen and oxygen atoms in total. The van der Waals surface area contributed by atoms with Crippen molar-refractivity contribution in [2.24, 2.45) is 0 Å². The molecule has 92 valence electrons. The molecule has 1 N–H and O–H groups in total. The Bertz CT molecular complexity index is 581. The lowest BCUT2D eigenvalue weighted by atomic mass is 10.2. The van der Waals surface area contributed by atoms with Crippen LogP contribution in [0.1, 0.15) is 15.9 Å². The zero-order valence-electron chi connectivity index (χ0n) is 9.71. The monoisotopic (exact) mass is 415 g/mol. The molecule has 0 saturated carbocycles. The number of hydrogen-bond acceptors (Lipinski definition) is 1. The van der Waals surface area contributed by atoms with Gasteiger partial charge in [0, 0.05) is 19.3 Å². The van der Waals surface area contributed by atoms with Crippen molar-refractivity contribution in [1.82, 2.24) is 0 Å². The highest BCUT2D eigenvalue weighted by Gasteiger charge is 2.06. The molecule has 2 aromatic carbocycles. The molecule has 1 amide bonds. The van der Waals surface area contributed by atoms with Crippen LogP contribution in [0.15, 0.2) is 46.9 Å². The molecule has 0 radical (unpaired) electrons. The summed E-state index contributed by atoms with van der Waals surface area (Å²) in [5.41, 5.74) is 2.56. The molecule has 0 aliphatic heterocycles. The lowest BCUT2D eigenvalue weighted by molar-refractivity contribution is 0.102. The Hall–Kier alpha value is -0.880. The van der Waals surface area contributed by atoms with Gasteiger partial charge >= 0.3 is 0 Å². The molecule has 0 atom stereocenters. The first-order valence-corrected chi connectivity index (χ1v) is 7.26. The summed E-state index contributed by atoms with van der Waals surface area (Å²) in [6, 6.07) is 13.2. The van der Waals surface area contributed by atoms with Crippen LogP contribution in [0, 0.1) is 10.5 Å². The van der Waals surface area contributed by atoms with E-state index in [2.05, 4.69) is 43.8 Å². The molecule has 0 bridgehead atoms. The Labute approximate surface area is 128 Å². The molecule has 4 heteroatoms. The second kappa shape index (κ2) is 5.84. The van der Waals surface area contributed by atoms with Gasteiger partial charge in [-0.15, -0.1) is 0 Å². The maximum absolute atomic E-state index is 12.0. The summed E-state index contributed by atoms with van der Waals surface area (Å²) in [4.78, 5) is 12.0. The van der Waals surface area contributed by atoms with E-state index in [1.807, 2.05) is 49.4 Å². The molecule has 0 aliphatic rings. The number of hydrogen-bond donors (Lipinski definition) is 1. The van der Waals surface area contributed by atoms with Gasteiger partial charge in [-0.3, -0.25) is 4.79 Å². The summed E-state index contributed by atoms with van der Waals surface area (Å²) in [5.74, 6) is -0.0897. The second-order valence-corrected chi connectivity index (χ2v) is 6.02. The van der Waals surface area contributed by atoms with Crippen molar-refractivity contribution in [1.29, 1.82) is 0 Å². The third-order valence-corrected chi connectivity index (χ3v) is 4.13. The first-order valence-electron chi connectivity index (χ1n) is 5.39. The summed E-state index contributed by atoms with van der Waals surface area (Å²) in [6.45, 7) is 1.99. The van der Waals surface area contributed by atoms with Gasteiger partial charge in [0.2, 0.25) is 0 Å². The maximum Gasteiger partial charge on any atom is 0.255 e. The van der Waals surface area contributed by atoms with E-state index in [0.717, 1.165) is 19.3 Å². The van der Waals surface area contributed by atoms with Gasteiger partial charge in [0.1, 0.15) is 0 Å². The lowest BCUT2D eigenvalue weighted by Crippen LogP contribution is -2.11. The Balaban J connectivity index is 2.16. The summed E-state index contributed by atoms with van der Waals surface area (Å²) < 4.78 is 2.15. The molecule has 0 aromatic heterocycles. The van der Waals surface area contributed by atoms with Crippen molar-refractivity contribution >= 4 is 50.1 Å². The van der Waals surface area contributed by atoms with Gasteiger partial charge in [0.05, 0.1) is 0 Å².